The van der Waals surface area contributed by atoms with Gasteiger partial charge >= 0.3 is 0 Å². The summed E-state index contributed by atoms with van der Waals surface area (Å²) < 4.78 is 5.17. The lowest BCUT2D eigenvalue weighted by atomic mass is 10.3. The Morgan fingerprint density at radius 2 is 2.43 bits per heavy atom. The van der Waals surface area contributed by atoms with E-state index in [1.54, 1.807) is 11.2 Å². The Morgan fingerprint density at radius 1 is 1.64 bits per heavy atom. The van der Waals surface area contributed by atoms with Gasteiger partial charge in [0.2, 0.25) is 5.91 Å². The molecular formula is C10H14ClNO2. The molecule has 0 aliphatic carbocycles. The summed E-state index contributed by atoms with van der Waals surface area (Å²) in [5.41, 5.74) is 0. The second-order valence-corrected chi connectivity index (χ2v) is 3.30. The average Bonchev–Trinajstić information content (AvgIpc) is 2.66. The van der Waals surface area contributed by atoms with Gasteiger partial charge in [-0.1, -0.05) is 0 Å². The second-order valence-electron chi connectivity index (χ2n) is 2.93. The summed E-state index contributed by atoms with van der Waals surface area (Å²) in [6.45, 7) is 3.14. The van der Waals surface area contributed by atoms with E-state index < -0.39 is 0 Å². The van der Waals surface area contributed by atoms with Crippen LogP contribution in [0.3, 0.4) is 0 Å². The van der Waals surface area contributed by atoms with Crippen molar-refractivity contribution in [1.29, 1.82) is 0 Å². The molecule has 0 aliphatic heterocycles. The fourth-order valence-corrected chi connectivity index (χ4v) is 1.37. The van der Waals surface area contributed by atoms with Gasteiger partial charge in [0.1, 0.15) is 5.76 Å². The maximum absolute atomic E-state index is 11.5. The van der Waals surface area contributed by atoms with Gasteiger partial charge in [-0.2, -0.15) is 0 Å². The van der Waals surface area contributed by atoms with Crippen LogP contribution in [-0.2, 0) is 11.3 Å². The first-order chi connectivity index (χ1) is 6.77. The zero-order valence-corrected chi connectivity index (χ0v) is 8.96. The molecule has 3 nitrogen and oxygen atoms in total. The number of alkyl halides is 1. The highest BCUT2D eigenvalue weighted by Gasteiger charge is 2.12. The predicted octanol–water partition coefficient (Wildman–Crippen LogP) is 2.26. The lowest BCUT2D eigenvalue weighted by molar-refractivity contribution is -0.131. The summed E-state index contributed by atoms with van der Waals surface area (Å²) in [5.74, 6) is 1.24. The van der Waals surface area contributed by atoms with E-state index in [0.717, 1.165) is 5.76 Å². The highest BCUT2D eigenvalue weighted by molar-refractivity contribution is 6.18. The molecule has 0 atom stereocenters. The fourth-order valence-electron chi connectivity index (χ4n) is 1.21. The molecule has 0 aliphatic rings. The first-order valence-corrected chi connectivity index (χ1v) is 5.17. The van der Waals surface area contributed by atoms with Crippen LogP contribution in [0.5, 0.6) is 0 Å². The minimum atomic E-state index is 0.0684. The second kappa shape index (κ2) is 5.70. The number of carbonyl (C=O) groups is 1. The van der Waals surface area contributed by atoms with E-state index in [1.165, 1.54) is 0 Å². The molecule has 0 fully saturated rings. The third-order valence-electron chi connectivity index (χ3n) is 1.97. The lowest BCUT2D eigenvalue weighted by Gasteiger charge is -2.18. The summed E-state index contributed by atoms with van der Waals surface area (Å²) in [7, 11) is 0. The molecule has 0 radical (unpaired) electrons. The third-order valence-corrected chi connectivity index (χ3v) is 2.16. The molecule has 0 aromatic carbocycles. The van der Waals surface area contributed by atoms with Crippen LogP contribution >= 0.6 is 11.6 Å². The number of nitrogens with zero attached hydrogens (tertiary/aromatic N) is 1. The van der Waals surface area contributed by atoms with Gasteiger partial charge in [-0.15, -0.1) is 11.6 Å². The van der Waals surface area contributed by atoms with Gasteiger partial charge in [0.15, 0.2) is 0 Å². The van der Waals surface area contributed by atoms with Crippen molar-refractivity contribution in [2.75, 3.05) is 12.4 Å². The maximum Gasteiger partial charge on any atom is 0.224 e. The van der Waals surface area contributed by atoms with Crippen LogP contribution in [-0.4, -0.2) is 23.2 Å². The maximum atomic E-state index is 11.5. The molecule has 1 aromatic rings. The number of carbonyl (C=O) groups excluding carboxylic acids is 1. The topological polar surface area (TPSA) is 33.5 Å². The first kappa shape index (κ1) is 11.1. The van der Waals surface area contributed by atoms with Gasteiger partial charge in [0.25, 0.3) is 0 Å². The molecule has 0 spiro atoms. The Labute approximate surface area is 88.6 Å². The van der Waals surface area contributed by atoms with Gasteiger partial charge < -0.3 is 9.32 Å². The normalized spacial score (nSPS) is 10.1. The molecule has 0 unspecified atom stereocenters. The van der Waals surface area contributed by atoms with Gasteiger partial charge in [0.05, 0.1) is 12.8 Å². The van der Waals surface area contributed by atoms with Crippen LogP contribution in [0.15, 0.2) is 22.8 Å². The predicted molar refractivity (Wildman–Crippen MR) is 55.1 cm³/mol. The van der Waals surface area contributed by atoms with Crippen LogP contribution in [0.1, 0.15) is 19.1 Å². The summed E-state index contributed by atoms with van der Waals surface area (Å²) in [5, 5.41) is 0. The standard InChI is InChI=1S/C10H14ClNO2/c1-2-12(10(13)5-6-11)8-9-4-3-7-14-9/h3-4,7H,2,5-6,8H2,1H3. The van der Waals surface area contributed by atoms with Crippen molar-refractivity contribution in [3.8, 4) is 0 Å². The molecule has 14 heavy (non-hydrogen) atoms. The molecule has 0 bridgehead atoms. The van der Waals surface area contributed by atoms with Crippen molar-refractivity contribution in [3.63, 3.8) is 0 Å². The van der Waals surface area contributed by atoms with Gasteiger partial charge in [-0.25, -0.2) is 0 Å². The van der Waals surface area contributed by atoms with Crippen LogP contribution in [0.4, 0.5) is 0 Å². The lowest BCUT2D eigenvalue weighted by Crippen LogP contribution is -2.30. The van der Waals surface area contributed by atoms with Crippen LogP contribution in [0, 0.1) is 0 Å². The molecule has 1 amide bonds. The van der Waals surface area contributed by atoms with E-state index >= 15 is 0 Å². The Morgan fingerprint density at radius 3 is 2.93 bits per heavy atom. The van der Waals surface area contributed by atoms with Crippen molar-refractivity contribution in [1.82, 2.24) is 4.90 Å². The van der Waals surface area contributed by atoms with Crippen molar-refractivity contribution >= 4 is 17.5 Å². The zero-order chi connectivity index (χ0) is 10.4. The summed E-state index contributed by atoms with van der Waals surface area (Å²) in [4.78, 5) is 13.2. The van der Waals surface area contributed by atoms with Crippen LogP contribution < -0.4 is 0 Å². The highest BCUT2D eigenvalue weighted by Crippen LogP contribution is 2.06. The monoisotopic (exact) mass is 215 g/mol. The zero-order valence-electron chi connectivity index (χ0n) is 8.20. The molecule has 0 N–H and O–H groups in total. The molecule has 0 saturated carbocycles. The number of furan rings is 1. The minimum Gasteiger partial charge on any atom is -0.467 e. The number of hydrogen-bond donors (Lipinski definition) is 0. The van der Waals surface area contributed by atoms with Crippen molar-refractivity contribution < 1.29 is 9.21 Å². The Kier molecular flexibility index (Phi) is 4.53. The molecule has 78 valence electrons. The largest absolute Gasteiger partial charge is 0.467 e. The Balaban J connectivity index is 2.50. The van der Waals surface area contributed by atoms with E-state index in [4.69, 9.17) is 16.0 Å². The van der Waals surface area contributed by atoms with Crippen molar-refractivity contribution in [3.05, 3.63) is 24.2 Å². The molecule has 1 rings (SSSR count). The summed E-state index contributed by atoms with van der Waals surface area (Å²) in [6.07, 6.45) is 1.99. The fraction of sp³-hybridized carbons (Fsp3) is 0.500. The Hall–Kier alpha value is -0.960. The number of rotatable bonds is 5. The van der Waals surface area contributed by atoms with E-state index in [-0.39, 0.29) is 5.91 Å². The van der Waals surface area contributed by atoms with E-state index in [0.29, 0.717) is 25.4 Å². The molecule has 4 heteroatoms. The number of halogens is 1. The molecular weight excluding hydrogens is 202 g/mol. The van der Waals surface area contributed by atoms with Crippen LogP contribution in [0.2, 0.25) is 0 Å². The van der Waals surface area contributed by atoms with E-state index in [9.17, 15) is 4.79 Å². The smallest absolute Gasteiger partial charge is 0.224 e. The highest BCUT2D eigenvalue weighted by atomic mass is 35.5. The SMILES string of the molecule is CCN(Cc1ccco1)C(=O)CCCl. The number of amides is 1. The molecule has 0 saturated heterocycles. The minimum absolute atomic E-state index is 0.0684. The third kappa shape index (κ3) is 3.07. The summed E-state index contributed by atoms with van der Waals surface area (Å²) in [6, 6.07) is 3.67. The van der Waals surface area contributed by atoms with Crippen molar-refractivity contribution in [2.24, 2.45) is 0 Å². The van der Waals surface area contributed by atoms with Gasteiger partial charge in [-0.05, 0) is 19.1 Å². The Bertz CT molecular complexity index is 272. The average molecular weight is 216 g/mol. The van der Waals surface area contributed by atoms with Gasteiger partial charge in [-0.3, -0.25) is 4.79 Å². The molecule has 1 aromatic heterocycles. The first-order valence-electron chi connectivity index (χ1n) is 4.64. The molecule has 1 heterocycles. The van der Waals surface area contributed by atoms with E-state index in [1.807, 2.05) is 19.1 Å². The van der Waals surface area contributed by atoms with E-state index in [2.05, 4.69) is 0 Å². The van der Waals surface area contributed by atoms with Crippen molar-refractivity contribution in [2.45, 2.75) is 19.9 Å². The number of hydrogen-bond acceptors (Lipinski definition) is 2. The quantitative estimate of drug-likeness (QED) is 0.706. The van der Waals surface area contributed by atoms with Gasteiger partial charge in [0, 0.05) is 18.8 Å². The summed E-state index contributed by atoms with van der Waals surface area (Å²) >= 11 is 5.51. The van der Waals surface area contributed by atoms with Crippen LogP contribution in [0.25, 0.3) is 0 Å².